The third-order valence-electron chi connectivity index (χ3n) is 3.02. The standard InChI is InChI=1S/C18H23FN2O2/c1-5-6-7-8-12-16(22)20-21(18(2,3)4)17(23)14-10-9-11-15(19)13-14/h9-11,13H,5-7H2,1-4H3,(H,20,22). The fraction of sp³-hybridized carbons (Fsp3) is 0.444. The smallest absolute Gasteiger partial charge is 0.267 e. The third-order valence-corrected chi connectivity index (χ3v) is 3.02. The summed E-state index contributed by atoms with van der Waals surface area (Å²) in [6.07, 6.45) is 2.56. The van der Waals surface area contributed by atoms with Crippen molar-refractivity contribution in [2.45, 2.75) is 52.5 Å². The molecule has 5 heteroatoms. The SMILES string of the molecule is CCCCC#CC(=O)NN(C(=O)c1cccc(F)c1)C(C)(C)C. The van der Waals surface area contributed by atoms with Crippen LogP contribution in [0.15, 0.2) is 24.3 Å². The lowest BCUT2D eigenvalue weighted by Gasteiger charge is -2.34. The third kappa shape index (κ3) is 6.11. The molecule has 1 rings (SSSR count). The van der Waals surface area contributed by atoms with Crippen molar-refractivity contribution in [3.63, 3.8) is 0 Å². The largest absolute Gasteiger partial charge is 0.314 e. The summed E-state index contributed by atoms with van der Waals surface area (Å²) in [5, 5.41) is 1.18. The minimum atomic E-state index is -0.676. The average Bonchev–Trinajstić information content (AvgIpc) is 2.47. The van der Waals surface area contributed by atoms with Crippen molar-refractivity contribution in [1.82, 2.24) is 10.4 Å². The van der Waals surface area contributed by atoms with Crippen LogP contribution in [0.25, 0.3) is 0 Å². The maximum Gasteiger partial charge on any atom is 0.314 e. The predicted octanol–water partition coefficient (Wildman–Crippen LogP) is 3.29. The number of hydrogen-bond acceptors (Lipinski definition) is 2. The van der Waals surface area contributed by atoms with Gasteiger partial charge in [-0.05, 0) is 51.3 Å². The highest BCUT2D eigenvalue weighted by Crippen LogP contribution is 2.15. The first kappa shape index (κ1) is 18.7. The zero-order valence-electron chi connectivity index (χ0n) is 14.1. The maximum atomic E-state index is 13.3. The number of rotatable bonds is 3. The number of nitrogens with one attached hydrogen (secondary N) is 1. The molecule has 124 valence electrons. The minimum absolute atomic E-state index is 0.166. The van der Waals surface area contributed by atoms with Crippen LogP contribution in [-0.4, -0.2) is 22.4 Å². The van der Waals surface area contributed by atoms with Gasteiger partial charge in [0.1, 0.15) is 5.82 Å². The lowest BCUT2D eigenvalue weighted by Crippen LogP contribution is -2.55. The van der Waals surface area contributed by atoms with E-state index in [1.165, 1.54) is 23.2 Å². The summed E-state index contributed by atoms with van der Waals surface area (Å²) in [6.45, 7) is 7.36. The fourth-order valence-corrected chi connectivity index (χ4v) is 1.81. The van der Waals surface area contributed by atoms with Gasteiger partial charge in [-0.1, -0.05) is 25.3 Å². The monoisotopic (exact) mass is 318 g/mol. The van der Waals surface area contributed by atoms with Gasteiger partial charge in [0.2, 0.25) is 0 Å². The number of halogens is 1. The van der Waals surface area contributed by atoms with Gasteiger partial charge in [-0.2, -0.15) is 0 Å². The van der Waals surface area contributed by atoms with E-state index in [9.17, 15) is 14.0 Å². The molecule has 2 amide bonds. The Labute approximate surface area is 137 Å². The minimum Gasteiger partial charge on any atom is -0.267 e. The van der Waals surface area contributed by atoms with Crippen LogP contribution in [0.3, 0.4) is 0 Å². The molecular weight excluding hydrogens is 295 g/mol. The van der Waals surface area contributed by atoms with Crippen molar-refractivity contribution in [2.75, 3.05) is 0 Å². The zero-order chi connectivity index (χ0) is 17.5. The van der Waals surface area contributed by atoms with Gasteiger partial charge in [-0.3, -0.25) is 15.0 Å². The van der Waals surface area contributed by atoms with Gasteiger partial charge in [-0.15, -0.1) is 0 Å². The van der Waals surface area contributed by atoms with Gasteiger partial charge < -0.3 is 0 Å². The summed E-state index contributed by atoms with van der Waals surface area (Å²) >= 11 is 0. The van der Waals surface area contributed by atoms with Crippen LogP contribution in [0.2, 0.25) is 0 Å². The van der Waals surface area contributed by atoms with E-state index < -0.39 is 23.2 Å². The second kappa shape index (κ2) is 8.33. The second-order valence-corrected chi connectivity index (χ2v) is 6.17. The molecule has 0 fully saturated rings. The summed E-state index contributed by atoms with van der Waals surface area (Å²) in [5.41, 5.74) is 1.99. The molecular formula is C18H23FN2O2. The normalized spacial score (nSPS) is 10.5. The molecule has 0 aromatic heterocycles. The molecule has 0 unspecified atom stereocenters. The highest BCUT2D eigenvalue weighted by molar-refractivity contribution is 5.99. The van der Waals surface area contributed by atoms with Crippen LogP contribution in [0.4, 0.5) is 4.39 Å². The highest BCUT2D eigenvalue weighted by Gasteiger charge is 2.29. The molecule has 1 aromatic rings. The Morgan fingerprint density at radius 3 is 2.57 bits per heavy atom. The number of carbonyl (C=O) groups excluding carboxylic acids is 2. The summed E-state index contributed by atoms with van der Waals surface area (Å²) in [6, 6.07) is 5.36. The van der Waals surface area contributed by atoms with Gasteiger partial charge in [0.05, 0.1) is 5.54 Å². The van der Waals surface area contributed by atoms with Crippen LogP contribution in [-0.2, 0) is 4.79 Å². The van der Waals surface area contributed by atoms with E-state index in [2.05, 4.69) is 17.3 Å². The van der Waals surface area contributed by atoms with Gasteiger partial charge in [0, 0.05) is 12.0 Å². The Bertz CT molecular complexity index is 624. The topological polar surface area (TPSA) is 49.4 Å². The van der Waals surface area contributed by atoms with E-state index >= 15 is 0 Å². The van der Waals surface area contributed by atoms with Crippen molar-refractivity contribution < 1.29 is 14.0 Å². The van der Waals surface area contributed by atoms with Gasteiger partial charge in [-0.25, -0.2) is 9.40 Å². The summed E-state index contributed by atoms with van der Waals surface area (Å²) < 4.78 is 13.3. The molecule has 0 aliphatic heterocycles. The summed E-state index contributed by atoms with van der Waals surface area (Å²) in [7, 11) is 0. The Hall–Kier alpha value is -2.35. The van der Waals surface area contributed by atoms with Gasteiger partial charge in [0.25, 0.3) is 5.91 Å². The van der Waals surface area contributed by atoms with Gasteiger partial charge >= 0.3 is 5.91 Å². The molecule has 23 heavy (non-hydrogen) atoms. The van der Waals surface area contributed by atoms with Crippen LogP contribution in [0.5, 0.6) is 0 Å². The van der Waals surface area contributed by atoms with Gasteiger partial charge in [0.15, 0.2) is 0 Å². The first-order valence-corrected chi connectivity index (χ1v) is 7.65. The molecule has 0 atom stereocenters. The highest BCUT2D eigenvalue weighted by atomic mass is 19.1. The summed E-state index contributed by atoms with van der Waals surface area (Å²) in [4.78, 5) is 24.5. The van der Waals surface area contributed by atoms with Crippen LogP contribution in [0.1, 0.15) is 57.3 Å². The van der Waals surface area contributed by atoms with Crippen LogP contribution in [0, 0.1) is 17.7 Å². The van der Waals surface area contributed by atoms with E-state index in [4.69, 9.17) is 0 Å². The first-order chi connectivity index (χ1) is 10.8. The molecule has 0 spiro atoms. The second-order valence-electron chi connectivity index (χ2n) is 6.17. The van der Waals surface area contributed by atoms with E-state index in [1.807, 2.05) is 6.92 Å². The molecule has 0 aliphatic rings. The zero-order valence-corrected chi connectivity index (χ0v) is 14.1. The van der Waals surface area contributed by atoms with E-state index in [0.29, 0.717) is 6.42 Å². The number of hydrazine groups is 1. The first-order valence-electron chi connectivity index (χ1n) is 7.65. The van der Waals surface area contributed by atoms with Crippen molar-refractivity contribution in [3.8, 4) is 11.8 Å². The summed E-state index contributed by atoms with van der Waals surface area (Å²) in [5.74, 6) is 3.70. The lowest BCUT2D eigenvalue weighted by atomic mass is 10.1. The van der Waals surface area contributed by atoms with E-state index in [1.54, 1.807) is 20.8 Å². The predicted molar refractivity (Wildman–Crippen MR) is 87.8 cm³/mol. The number of hydrogen-bond donors (Lipinski definition) is 1. The Morgan fingerprint density at radius 1 is 1.30 bits per heavy atom. The van der Waals surface area contributed by atoms with E-state index in [0.717, 1.165) is 18.9 Å². The van der Waals surface area contributed by atoms with Crippen molar-refractivity contribution in [3.05, 3.63) is 35.6 Å². The Kier molecular flexibility index (Phi) is 6.77. The molecule has 0 bridgehead atoms. The van der Waals surface area contributed by atoms with Crippen molar-refractivity contribution in [1.29, 1.82) is 0 Å². The molecule has 1 N–H and O–H groups in total. The van der Waals surface area contributed by atoms with Crippen LogP contribution < -0.4 is 5.43 Å². The number of nitrogens with zero attached hydrogens (tertiary/aromatic N) is 1. The molecule has 4 nitrogen and oxygen atoms in total. The number of carbonyl (C=O) groups is 2. The van der Waals surface area contributed by atoms with Crippen molar-refractivity contribution in [2.24, 2.45) is 0 Å². The molecule has 1 aromatic carbocycles. The molecule has 0 heterocycles. The quantitative estimate of drug-likeness (QED) is 0.528. The maximum absolute atomic E-state index is 13.3. The number of benzene rings is 1. The van der Waals surface area contributed by atoms with E-state index in [-0.39, 0.29) is 5.56 Å². The van der Waals surface area contributed by atoms with Crippen LogP contribution >= 0.6 is 0 Å². The number of amides is 2. The average molecular weight is 318 g/mol. The number of unbranched alkanes of at least 4 members (excludes halogenated alkanes) is 2. The Morgan fingerprint density at radius 2 is 2.00 bits per heavy atom. The lowest BCUT2D eigenvalue weighted by molar-refractivity contribution is -0.121. The molecule has 0 radical (unpaired) electrons. The fourth-order valence-electron chi connectivity index (χ4n) is 1.81. The van der Waals surface area contributed by atoms with Crippen molar-refractivity contribution >= 4 is 11.8 Å². The molecule has 0 aliphatic carbocycles. The molecule has 0 saturated heterocycles. The Balaban J connectivity index is 2.91. The molecule has 0 saturated carbocycles.